The van der Waals surface area contributed by atoms with Crippen molar-refractivity contribution in [3.63, 3.8) is 0 Å². The molecule has 0 spiro atoms. The zero-order valence-electron chi connectivity index (χ0n) is 8.85. The third-order valence-electron chi connectivity index (χ3n) is 2.33. The van der Waals surface area contributed by atoms with Crippen LogP contribution >= 0.6 is 0 Å². The number of carbonyl (C=O) groups excluding carboxylic acids is 1. The molecule has 1 atom stereocenters. The molecule has 0 saturated carbocycles. The minimum atomic E-state index is -0.0380. The fourth-order valence-corrected chi connectivity index (χ4v) is 0.795. The monoisotopic (exact) mass is 182 g/mol. The van der Waals surface area contributed by atoms with Gasteiger partial charge in [-0.25, -0.2) is 0 Å². The number of nitrogens with zero attached hydrogens (tertiary/aromatic N) is 1. The van der Waals surface area contributed by atoms with Gasteiger partial charge in [-0.05, 0) is 11.3 Å². The Kier molecular flexibility index (Phi) is 4.47. The van der Waals surface area contributed by atoms with E-state index in [1.54, 1.807) is 0 Å². The lowest BCUT2D eigenvalue weighted by Gasteiger charge is -2.26. The molecular formula is C10H18N2O. The van der Waals surface area contributed by atoms with Crippen LogP contribution in [0.4, 0.5) is 0 Å². The lowest BCUT2D eigenvalue weighted by atomic mass is 9.80. The van der Waals surface area contributed by atoms with Crippen LogP contribution < -0.4 is 5.32 Å². The highest BCUT2D eigenvalue weighted by atomic mass is 16.1. The van der Waals surface area contributed by atoms with E-state index in [1.165, 1.54) is 0 Å². The van der Waals surface area contributed by atoms with E-state index in [2.05, 4.69) is 26.1 Å². The van der Waals surface area contributed by atoms with Gasteiger partial charge in [-0.1, -0.05) is 27.7 Å². The van der Waals surface area contributed by atoms with E-state index >= 15 is 0 Å². The average molecular weight is 182 g/mol. The Bertz CT molecular complexity index is 210. The molecule has 0 heterocycles. The van der Waals surface area contributed by atoms with E-state index < -0.39 is 0 Å². The van der Waals surface area contributed by atoms with Gasteiger partial charge in [-0.15, -0.1) is 0 Å². The molecule has 0 rings (SSSR count). The Balaban J connectivity index is 3.87. The van der Waals surface area contributed by atoms with Crippen LogP contribution in [0.15, 0.2) is 0 Å². The Hall–Kier alpha value is -1.04. The molecule has 0 fully saturated rings. The molecule has 3 heteroatoms. The zero-order valence-corrected chi connectivity index (χ0v) is 8.85. The van der Waals surface area contributed by atoms with Gasteiger partial charge in [0, 0.05) is 6.42 Å². The first-order chi connectivity index (χ1) is 5.88. The van der Waals surface area contributed by atoms with Gasteiger partial charge in [0.1, 0.15) is 6.54 Å². The minimum absolute atomic E-state index is 0.0380. The quantitative estimate of drug-likeness (QED) is 0.675. The van der Waals surface area contributed by atoms with Crippen molar-refractivity contribution in [3.8, 4) is 6.07 Å². The molecule has 3 nitrogen and oxygen atoms in total. The van der Waals surface area contributed by atoms with Gasteiger partial charge in [0.25, 0.3) is 0 Å². The third-order valence-corrected chi connectivity index (χ3v) is 2.33. The van der Waals surface area contributed by atoms with Crippen LogP contribution in [-0.2, 0) is 4.79 Å². The molecule has 13 heavy (non-hydrogen) atoms. The van der Waals surface area contributed by atoms with Crippen LogP contribution in [0.3, 0.4) is 0 Å². The molecule has 0 aromatic carbocycles. The van der Waals surface area contributed by atoms with Crippen LogP contribution in [0.5, 0.6) is 0 Å². The Labute approximate surface area is 80.1 Å². The second kappa shape index (κ2) is 4.86. The van der Waals surface area contributed by atoms with Crippen molar-refractivity contribution >= 4 is 5.91 Å². The molecule has 0 bridgehead atoms. The van der Waals surface area contributed by atoms with Crippen molar-refractivity contribution in [3.05, 3.63) is 0 Å². The van der Waals surface area contributed by atoms with Crippen molar-refractivity contribution in [2.45, 2.75) is 34.1 Å². The Morgan fingerprint density at radius 1 is 1.54 bits per heavy atom. The summed E-state index contributed by atoms with van der Waals surface area (Å²) in [6.45, 7) is 8.47. The van der Waals surface area contributed by atoms with Gasteiger partial charge in [-0.2, -0.15) is 5.26 Å². The molecule has 0 aromatic heterocycles. The molecule has 0 aromatic rings. The Morgan fingerprint density at radius 2 is 2.08 bits per heavy atom. The van der Waals surface area contributed by atoms with Crippen LogP contribution in [0.1, 0.15) is 34.1 Å². The lowest BCUT2D eigenvalue weighted by molar-refractivity contribution is -0.122. The van der Waals surface area contributed by atoms with Gasteiger partial charge >= 0.3 is 0 Å². The van der Waals surface area contributed by atoms with E-state index in [4.69, 9.17) is 5.26 Å². The fourth-order valence-electron chi connectivity index (χ4n) is 0.795. The number of nitrogens with one attached hydrogen (secondary N) is 1. The molecule has 74 valence electrons. The first-order valence-electron chi connectivity index (χ1n) is 4.51. The highest BCUT2D eigenvalue weighted by Gasteiger charge is 2.22. The summed E-state index contributed by atoms with van der Waals surface area (Å²) < 4.78 is 0. The molecule has 1 unspecified atom stereocenters. The molecule has 0 saturated heterocycles. The van der Waals surface area contributed by atoms with Gasteiger partial charge in [0.2, 0.25) is 5.91 Å². The second-order valence-corrected chi connectivity index (χ2v) is 4.41. The molecule has 0 aliphatic carbocycles. The number of hydrogen-bond donors (Lipinski definition) is 1. The maximum Gasteiger partial charge on any atom is 0.221 e. The first kappa shape index (κ1) is 12.0. The molecule has 0 aliphatic heterocycles. The summed E-state index contributed by atoms with van der Waals surface area (Å²) in [7, 11) is 0. The van der Waals surface area contributed by atoms with Crippen molar-refractivity contribution in [1.29, 1.82) is 5.26 Å². The second-order valence-electron chi connectivity index (χ2n) is 4.41. The fraction of sp³-hybridized carbons (Fsp3) is 0.800. The minimum Gasteiger partial charge on any atom is -0.343 e. The molecule has 0 radical (unpaired) electrons. The SMILES string of the molecule is CC(CC(=O)NCC#N)C(C)(C)C. The lowest BCUT2D eigenvalue weighted by Crippen LogP contribution is -2.29. The molecule has 1 amide bonds. The van der Waals surface area contributed by atoms with Gasteiger partial charge < -0.3 is 5.32 Å². The van der Waals surface area contributed by atoms with Gasteiger partial charge in [0.15, 0.2) is 0 Å². The predicted molar refractivity (Wildman–Crippen MR) is 51.9 cm³/mol. The maximum atomic E-state index is 11.2. The van der Waals surface area contributed by atoms with E-state index in [9.17, 15) is 4.79 Å². The van der Waals surface area contributed by atoms with Gasteiger partial charge in [0.05, 0.1) is 6.07 Å². The highest BCUT2D eigenvalue weighted by molar-refractivity contribution is 5.76. The highest BCUT2D eigenvalue weighted by Crippen LogP contribution is 2.27. The topological polar surface area (TPSA) is 52.9 Å². The van der Waals surface area contributed by atoms with Gasteiger partial charge in [-0.3, -0.25) is 4.79 Å². The molecule has 0 aliphatic rings. The standard InChI is InChI=1S/C10H18N2O/c1-8(10(2,3)4)7-9(13)12-6-5-11/h8H,6-7H2,1-4H3,(H,12,13). The maximum absolute atomic E-state index is 11.2. The predicted octanol–water partition coefficient (Wildman–Crippen LogP) is 1.70. The molecular weight excluding hydrogens is 164 g/mol. The van der Waals surface area contributed by atoms with E-state index in [0.29, 0.717) is 12.3 Å². The van der Waals surface area contributed by atoms with Crippen molar-refractivity contribution < 1.29 is 4.79 Å². The van der Waals surface area contributed by atoms with E-state index in [-0.39, 0.29) is 17.9 Å². The normalized spacial score (nSPS) is 13.2. The third kappa shape index (κ3) is 5.24. The number of rotatable bonds is 3. The summed E-state index contributed by atoms with van der Waals surface area (Å²) in [6.07, 6.45) is 0.491. The van der Waals surface area contributed by atoms with Crippen molar-refractivity contribution in [1.82, 2.24) is 5.32 Å². The molecule has 1 N–H and O–H groups in total. The number of amides is 1. The number of carbonyl (C=O) groups is 1. The summed E-state index contributed by atoms with van der Waals surface area (Å²) in [4.78, 5) is 11.2. The van der Waals surface area contributed by atoms with E-state index in [1.807, 2.05) is 13.0 Å². The van der Waals surface area contributed by atoms with Crippen LogP contribution in [0.25, 0.3) is 0 Å². The van der Waals surface area contributed by atoms with Crippen molar-refractivity contribution in [2.75, 3.05) is 6.54 Å². The summed E-state index contributed by atoms with van der Waals surface area (Å²) in [6, 6.07) is 1.88. The smallest absolute Gasteiger partial charge is 0.221 e. The van der Waals surface area contributed by atoms with Crippen LogP contribution in [0.2, 0.25) is 0 Å². The number of hydrogen-bond acceptors (Lipinski definition) is 2. The summed E-state index contributed by atoms with van der Waals surface area (Å²) >= 11 is 0. The zero-order chi connectivity index (χ0) is 10.5. The largest absolute Gasteiger partial charge is 0.343 e. The average Bonchev–Trinajstić information content (AvgIpc) is 1.99. The van der Waals surface area contributed by atoms with Crippen LogP contribution in [0, 0.1) is 22.7 Å². The van der Waals surface area contributed by atoms with Crippen LogP contribution in [-0.4, -0.2) is 12.5 Å². The summed E-state index contributed by atoms with van der Waals surface area (Å²) in [5.41, 5.74) is 0.143. The van der Waals surface area contributed by atoms with E-state index in [0.717, 1.165) is 0 Å². The first-order valence-corrected chi connectivity index (χ1v) is 4.51. The van der Waals surface area contributed by atoms with Crippen molar-refractivity contribution in [2.24, 2.45) is 11.3 Å². The Morgan fingerprint density at radius 3 is 2.46 bits per heavy atom. The summed E-state index contributed by atoms with van der Waals surface area (Å²) in [5.74, 6) is 0.287. The summed E-state index contributed by atoms with van der Waals surface area (Å²) in [5, 5.41) is 10.8. The number of nitriles is 1.